The number of aromatic nitrogens is 4. The van der Waals surface area contributed by atoms with Gasteiger partial charge in [0.2, 0.25) is 10.7 Å². The Kier molecular flexibility index (Phi) is 5.82. The Bertz CT molecular complexity index is 1230. The molecule has 0 spiro atoms. The molecule has 2 N–H and O–H groups in total. The first-order valence-corrected chi connectivity index (χ1v) is 9.94. The van der Waals surface area contributed by atoms with Gasteiger partial charge in [0, 0.05) is 29.0 Å². The molecule has 0 aliphatic carbocycles. The van der Waals surface area contributed by atoms with Gasteiger partial charge in [-0.2, -0.15) is 0 Å². The quantitative estimate of drug-likeness (QED) is 0.473. The molecule has 0 saturated carbocycles. The van der Waals surface area contributed by atoms with Crippen LogP contribution in [0.5, 0.6) is 5.19 Å². The third-order valence-electron chi connectivity index (χ3n) is 4.04. The van der Waals surface area contributed by atoms with Gasteiger partial charge in [-0.1, -0.05) is 28.8 Å². The predicted molar refractivity (Wildman–Crippen MR) is 114 cm³/mol. The molecule has 0 fully saturated rings. The second-order valence-corrected chi connectivity index (χ2v) is 7.47. The number of carbonyl (C=O) groups is 1. The number of hydrogen-bond donors (Lipinski definition) is 2. The minimum absolute atomic E-state index is 0.276. The van der Waals surface area contributed by atoms with Crippen molar-refractivity contribution in [3.05, 3.63) is 87.4 Å². The standard InChI is InChI=1S/C20H14ClN5O3S/c21-14-3-1-12(2-4-14)11-29-20-26-25-19(30-20)24-18(28)15-5-6-16(27)23-17(15)13-7-9-22-10-8-13/h1-10H,11H2,(H,23,27)(H,24,25,28). The van der Waals surface area contributed by atoms with E-state index in [2.05, 4.69) is 25.5 Å². The van der Waals surface area contributed by atoms with Crippen molar-refractivity contribution in [1.29, 1.82) is 0 Å². The van der Waals surface area contributed by atoms with Crippen LogP contribution in [0.1, 0.15) is 15.9 Å². The molecular weight excluding hydrogens is 426 g/mol. The Balaban J connectivity index is 1.47. The van der Waals surface area contributed by atoms with E-state index in [9.17, 15) is 9.59 Å². The molecule has 3 heterocycles. The lowest BCUT2D eigenvalue weighted by Crippen LogP contribution is -2.17. The first-order valence-electron chi connectivity index (χ1n) is 8.74. The highest BCUT2D eigenvalue weighted by molar-refractivity contribution is 7.17. The molecule has 0 saturated heterocycles. The third kappa shape index (κ3) is 4.70. The number of ether oxygens (including phenoxy) is 1. The largest absolute Gasteiger partial charge is 0.464 e. The molecule has 4 rings (SSSR count). The molecule has 0 unspecified atom stereocenters. The van der Waals surface area contributed by atoms with E-state index in [4.69, 9.17) is 16.3 Å². The third-order valence-corrected chi connectivity index (χ3v) is 5.04. The summed E-state index contributed by atoms with van der Waals surface area (Å²) < 4.78 is 5.60. The minimum atomic E-state index is -0.432. The summed E-state index contributed by atoms with van der Waals surface area (Å²) in [7, 11) is 0. The van der Waals surface area contributed by atoms with Crippen LogP contribution in [0.2, 0.25) is 5.02 Å². The Morgan fingerprint density at radius 2 is 1.83 bits per heavy atom. The van der Waals surface area contributed by atoms with Gasteiger partial charge in [0.1, 0.15) is 6.61 Å². The summed E-state index contributed by atoms with van der Waals surface area (Å²) in [5, 5.41) is 11.8. The van der Waals surface area contributed by atoms with E-state index in [0.29, 0.717) is 33.6 Å². The van der Waals surface area contributed by atoms with E-state index in [1.807, 2.05) is 12.1 Å². The molecular formula is C20H14ClN5O3S. The summed E-state index contributed by atoms with van der Waals surface area (Å²) >= 11 is 6.96. The first kappa shape index (κ1) is 19.7. The zero-order valence-corrected chi connectivity index (χ0v) is 16.9. The average molecular weight is 440 g/mol. The second kappa shape index (κ2) is 8.85. The van der Waals surface area contributed by atoms with Gasteiger partial charge in [0.25, 0.3) is 11.1 Å². The fraction of sp³-hybridized carbons (Fsp3) is 0.0500. The molecule has 30 heavy (non-hydrogen) atoms. The first-order chi connectivity index (χ1) is 14.6. The molecule has 150 valence electrons. The number of anilines is 1. The van der Waals surface area contributed by atoms with Crippen molar-refractivity contribution in [2.45, 2.75) is 6.61 Å². The Labute approximate surface area is 179 Å². The lowest BCUT2D eigenvalue weighted by Gasteiger charge is -2.08. The highest BCUT2D eigenvalue weighted by Crippen LogP contribution is 2.25. The maximum Gasteiger partial charge on any atom is 0.296 e. The van der Waals surface area contributed by atoms with Crippen LogP contribution in [0.4, 0.5) is 5.13 Å². The number of halogens is 1. The lowest BCUT2D eigenvalue weighted by atomic mass is 10.1. The van der Waals surface area contributed by atoms with Crippen molar-refractivity contribution in [2.75, 3.05) is 5.32 Å². The highest BCUT2D eigenvalue weighted by atomic mass is 35.5. The van der Waals surface area contributed by atoms with E-state index in [0.717, 1.165) is 16.9 Å². The summed E-state index contributed by atoms with van der Waals surface area (Å²) in [4.78, 5) is 31.2. The minimum Gasteiger partial charge on any atom is -0.464 e. The molecule has 0 aliphatic heterocycles. The monoisotopic (exact) mass is 439 g/mol. The van der Waals surface area contributed by atoms with Crippen molar-refractivity contribution >= 4 is 34.0 Å². The van der Waals surface area contributed by atoms with Crippen LogP contribution < -0.4 is 15.6 Å². The zero-order valence-electron chi connectivity index (χ0n) is 15.3. The summed E-state index contributed by atoms with van der Waals surface area (Å²) in [6.45, 7) is 0.297. The number of pyridine rings is 2. The molecule has 0 atom stereocenters. The van der Waals surface area contributed by atoms with Gasteiger partial charge in [-0.15, -0.1) is 5.10 Å². The van der Waals surface area contributed by atoms with Crippen LogP contribution in [0.15, 0.2) is 65.7 Å². The molecule has 10 heteroatoms. The van der Waals surface area contributed by atoms with Gasteiger partial charge in [0.05, 0.1) is 11.3 Å². The van der Waals surface area contributed by atoms with Gasteiger partial charge < -0.3 is 9.72 Å². The number of benzene rings is 1. The van der Waals surface area contributed by atoms with E-state index in [-0.39, 0.29) is 10.7 Å². The maximum absolute atomic E-state index is 12.8. The van der Waals surface area contributed by atoms with Crippen LogP contribution >= 0.6 is 22.9 Å². The smallest absolute Gasteiger partial charge is 0.296 e. The van der Waals surface area contributed by atoms with Gasteiger partial charge in [-0.25, -0.2) is 0 Å². The number of nitrogens with one attached hydrogen (secondary N) is 2. The topological polar surface area (TPSA) is 110 Å². The molecule has 3 aromatic heterocycles. The Hall–Kier alpha value is -3.56. The number of rotatable bonds is 6. The highest BCUT2D eigenvalue weighted by Gasteiger charge is 2.16. The van der Waals surface area contributed by atoms with Crippen molar-refractivity contribution in [1.82, 2.24) is 20.2 Å². The summed E-state index contributed by atoms with van der Waals surface area (Å²) in [5.74, 6) is -0.432. The predicted octanol–water partition coefficient (Wildman–Crippen LogP) is 3.77. The SMILES string of the molecule is O=C(Nc1nnc(OCc2ccc(Cl)cc2)s1)c1ccc(=O)[nH]c1-c1ccncc1. The number of aromatic amines is 1. The van der Waals surface area contributed by atoms with E-state index in [1.165, 1.54) is 12.1 Å². The van der Waals surface area contributed by atoms with Crippen LogP contribution in [-0.4, -0.2) is 26.1 Å². The number of hydrogen-bond acceptors (Lipinski definition) is 7. The Morgan fingerprint density at radius 1 is 1.07 bits per heavy atom. The molecule has 1 aromatic carbocycles. The van der Waals surface area contributed by atoms with Gasteiger partial charge in [0.15, 0.2) is 0 Å². The average Bonchev–Trinajstić information content (AvgIpc) is 3.21. The van der Waals surface area contributed by atoms with Crippen molar-refractivity contribution in [3.8, 4) is 16.5 Å². The number of amides is 1. The number of nitrogens with zero attached hydrogens (tertiary/aromatic N) is 3. The van der Waals surface area contributed by atoms with E-state index in [1.54, 1.807) is 36.7 Å². The van der Waals surface area contributed by atoms with Crippen LogP contribution in [0.25, 0.3) is 11.3 Å². The molecule has 4 aromatic rings. The summed E-state index contributed by atoms with van der Waals surface area (Å²) in [6, 6.07) is 13.4. The van der Waals surface area contributed by atoms with Crippen molar-refractivity contribution < 1.29 is 9.53 Å². The Morgan fingerprint density at radius 3 is 2.60 bits per heavy atom. The summed E-state index contributed by atoms with van der Waals surface area (Å²) in [5.41, 5.74) is 1.96. The molecule has 0 bridgehead atoms. The van der Waals surface area contributed by atoms with Gasteiger partial charge in [-0.05, 0) is 47.2 Å². The van der Waals surface area contributed by atoms with Crippen LogP contribution in [0, 0.1) is 0 Å². The van der Waals surface area contributed by atoms with Crippen LogP contribution in [0.3, 0.4) is 0 Å². The summed E-state index contributed by atoms with van der Waals surface area (Å²) in [6.07, 6.45) is 3.16. The van der Waals surface area contributed by atoms with E-state index < -0.39 is 5.91 Å². The van der Waals surface area contributed by atoms with Crippen LogP contribution in [-0.2, 0) is 6.61 Å². The maximum atomic E-state index is 12.8. The van der Waals surface area contributed by atoms with E-state index >= 15 is 0 Å². The fourth-order valence-corrected chi connectivity index (χ4v) is 3.34. The zero-order chi connectivity index (χ0) is 20.9. The number of carbonyl (C=O) groups excluding carboxylic acids is 1. The molecule has 1 amide bonds. The van der Waals surface area contributed by atoms with Gasteiger partial charge in [-0.3, -0.25) is 19.9 Å². The second-order valence-electron chi connectivity index (χ2n) is 6.09. The molecule has 8 nitrogen and oxygen atoms in total. The molecule has 0 radical (unpaired) electrons. The fourth-order valence-electron chi connectivity index (χ4n) is 2.62. The molecule has 0 aliphatic rings. The van der Waals surface area contributed by atoms with Crippen molar-refractivity contribution in [3.63, 3.8) is 0 Å². The van der Waals surface area contributed by atoms with Gasteiger partial charge >= 0.3 is 0 Å². The van der Waals surface area contributed by atoms with Crippen molar-refractivity contribution in [2.24, 2.45) is 0 Å². The number of H-pyrrole nitrogens is 1. The normalized spacial score (nSPS) is 10.6. The lowest BCUT2D eigenvalue weighted by molar-refractivity contribution is 0.102.